The quantitative estimate of drug-likeness (QED) is 0.870. The Bertz CT molecular complexity index is 474. The third kappa shape index (κ3) is 5.00. The molecule has 3 nitrogen and oxygen atoms in total. The second kappa shape index (κ2) is 7.39. The largest absolute Gasteiger partial charge is 0.348 e. The molecule has 0 heterocycles. The fraction of sp³-hybridized carbons (Fsp3) is 0.556. The topological polar surface area (TPSA) is 46.2 Å². The van der Waals surface area contributed by atoms with Crippen LogP contribution in [0.25, 0.3) is 0 Å². The molecule has 1 aromatic rings. The van der Waals surface area contributed by atoms with E-state index < -0.39 is 5.41 Å². The van der Waals surface area contributed by atoms with Crippen LogP contribution in [0.4, 0.5) is 0 Å². The zero-order valence-electron chi connectivity index (χ0n) is 13.8. The smallest absolute Gasteiger partial charge is 0.228 e. The first-order valence-corrected chi connectivity index (χ1v) is 7.63. The summed E-state index contributed by atoms with van der Waals surface area (Å²) in [4.78, 5) is 24.5. The minimum Gasteiger partial charge on any atom is -0.348 e. The van der Waals surface area contributed by atoms with Gasteiger partial charge in [0.05, 0.1) is 12.5 Å². The summed E-state index contributed by atoms with van der Waals surface area (Å²) in [6.45, 7) is 9.85. The summed E-state index contributed by atoms with van der Waals surface area (Å²) >= 11 is 0. The maximum Gasteiger partial charge on any atom is 0.228 e. The van der Waals surface area contributed by atoms with Gasteiger partial charge in [-0.25, -0.2) is 0 Å². The SMILES string of the molecule is CCC(C)C(C(=O)NCC(=O)C(C)(C)C)c1ccccc1. The molecule has 1 aromatic carbocycles. The molecular formula is C18H27NO2. The normalized spacial score (nSPS) is 14.3. The Morgan fingerprint density at radius 2 is 1.71 bits per heavy atom. The van der Waals surface area contributed by atoms with Gasteiger partial charge in [0.1, 0.15) is 0 Å². The lowest BCUT2D eigenvalue weighted by Crippen LogP contribution is -2.39. The molecule has 2 unspecified atom stereocenters. The van der Waals surface area contributed by atoms with Crippen molar-refractivity contribution in [1.29, 1.82) is 0 Å². The Kier molecular flexibility index (Phi) is 6.13. The Balaban J connectivity index is 2.81. The Morgan fingerprint density at radius 1 is 1.14 bits per heavy atom. The molecule has 1 N–H and O–H groups in total. The van der Waals surface area contributed by atoms with E-state index in [1.54, 1.807) is 0 Å². The number of nitrogens with one attached hydrogen (secondary N) is 1. The van der Waals surface area contributed by atoms with E-state index in [1.165, 1.54) is 0 Å². The molecule has 0 fully saturated rings. The van der Waals surface area contributed by atoms with Crippen LogP contribution in [0.2, 0.25) is 0 Å². The fourth-order valence-electron chi connectivity index (χ4n) is 2.18. The first-order valence-electron chi connectivity index (χ1n) is 7.63. The van der Waals surface area contributed by atoms with Gasteiger partial charge in [-0.1, -0.05) is 71.4 Å². The van der Waals surface area contributed by atoms with Crippen molar-refractivity contribution in [2.75, 3.05) is 6.54 Å². The van der Waals surface area contributed by atoms with Crippen LogP contribution < -0.4 is 5.32 Å². The van der Waals surface area contributed by atoms with Crippen molar-refractivity contribution < 1.29 is 9.59 Å². The number of benzene rings is 1. The molecule has 3 heteroatoms. The zero-order chi connectivity index (χ0) is 16.0. The predicted molar refractivity (Wildman–Crippen MR) is 86.1 cm³/mol. The van der Waals surface area contributed by atoms with Crippen molar-refractivity contribution in [3.8, 4) is 0 Å². The van der Waals surface area contributed by atoms with Gasteiger partial charge in [0.15, 0.2) is 5.78 Å². The van der Waals surface area contributed by atoms with Gasteiger partial charge < -0.3 is 5.32 Å². The highest BCUT2D eigenvalue weighted by atomic mass is 16.2. The summed E-state index contributed by atoms with van der Waals surface area (Å²) in [5.74, 6) is 0.0149. The summed E-state index contributed by atoms with van der Waals surface area (Å²) in [7, 11) is 0. The molecular weight excluding hydrogens is 262 g/mol. The zero-order valence-corrected chi connectivity index (χ0v) is 13.8. The molecule has 21 heavy (non-hydrogen) atoms. The first-order chi connectivity index (χ1) is 9.77. The van der Waals surface area contributed by atoms with Crippen LogP contribution in [-0.4, -0.2) is 18.2 Å². The average Bonchev–Trinajstić information content (AvgIpc) is 2.44. The predicted octanol–water partition coefficient (Wildman–Crippen LogP) is 3.55. The number of Topliss-reactive ketones (excluding diaryl/α,β-unsaturated/α-hetero) is 1. The maximum absolute atomic E-state index is 12.5. The van der Waals surface area contributed by atoms with E-state index in [0.717, 1.165) is 12.0 Å². The molecule has 0 aliphatic heterocycles. The lowest BCUT2D eigenvalue weighted by Gasteiger charge is -2.24. The molecule has 0 aliphatic rings. The van der Waals surface area contributed by atoms with Crippen LogP contribution in [-0.2, 0) is 9.59 Å². The van der Waals surface area contributed by atoms with Crippen LogP contribution in [0.5, 0.6) is 0 Å². The molecule has 0 saturated heterocycles. The fourth-order valence-corrected chi connectivity index (χ4v) is 2.18. The summed E-state index contributed by atoms with van der Waals surface area (Å²) in [6.07, 6.45) is 0.917. The van der Waals surface area contributed by atoms with E-state index in [1.807, 2.05) is 51.1 Å². The lowest BCUT2D eigenvalue weighted by molar-refractivity contribution is -0.130. The lowest BCUT2D eigenvalue weighted by atomic mass is 9.84. The highest BCUT2D eigenvalue weighted by molar-refractivity contribution is 5.91. The molecule has 0 aliphatic carbocycles. The van der Waals surface area contributed by atoms with Crippen molar-refractivity contribution in [1.82, 2.24) is 5.32 Å². The maximum atomic E-state index is 12.5. The third-order valence-electron chi connectivity index (χ3n) is 3.91. The molecule has 0 bridgehead atoms. The van der Waals surface area contributed by atoms with E-state index in [2.05, 4.69) is 19.2 Å². The molecule has 0 aromatic heterocycles. The second-order valence-corrected chi connectivity index (χ2v) is 6.66. The Hall–Kier alpha value is -1.64. The van der Waals surface area contributed by atoms with Crippen LogP contribution in [0.3, 0.4) is 0 Å². The van der Waals surface area contributed by atoms with Gasteiger partial charge in [0.2, 0.25) is 5.91 Å². The first kappa shape index (κ1) is 17.4. The van der Waals surface area contributed by atoms with Crippen molar-refractivity contribution in [3.05, 3.63) is 35.9 Å². The standard InChI is InChI=1S/C18H27NO2/c1-6-13(2)16(14-10-8-7-9-11-14)17(21)19-12-15(20)18(3,4)5/h7-11,13,16H,6,12H2,1-5H3,(H,19,21). The molecule has 2 atom stereocenters. The Morgan fingerprint density at radius 3 is 2.19 bits per heavy atom. The molecule has 1 rings (SSSR count). The van der Waals surface area contributed by atoms with Crippen molar-refractivity contribution >= 4 is 11.7 Å². The van der Waals surface area contributed by atoms with Gasteiger partial charge in [-0.05, 0) is 11.5 Å². The van der Waals surface area contributed by atoms with Gasteiger partial charge in [0.25, 0.3) is 0 Å². The third-order valence-corrected chi connectivity index (χ3v) is 3.91. The minimum absolute atomic E-state index is 0.0480. The number of amides is 1. The summed E-state index contributed by atoms with van der Waals surface area (Å²) in [6, 6.07) is 9.78. The number of ketones is 1. The molecule has 0 radical (unpaired) electrons. The number of carbonyl (C=O) groups excluding carboxylic acids is 2. The van der Waals surface area contributed by atoms with Gasteiger partial charge in [-0.2, -0.15) is 0 Å². The van der Waals surface area contributed by atoms with Crippen LogP contribution >= 0.6 is 0 Å². The molecule has 0 saturated carbocycles. The van der Waals surface area contributed by atoms with E-state index in [9.17, 15) is 9.59 Å². The van der Waals surface area contributed by atoms with Crippen molar-refractivity contribution in [3.63, 3.8) is 0 Å². The minimum atomic E-state index is -0.425. The summed E-state index contributed by atoms with van der Waals surface area (Å²) < 4.78 is 0. The van der Waals surface area contributed by atoms with Crippen LogP contribution in [0.15, 0.2) is 30.3 Å². The highest BCUT2D eigenvalue weighted by Crippen LogP contribution is 2.27. The molecule has 116 valence electrons. The van der Waals surface area contributed by atoms with Crippen LogP contribution in [0, 0.1) is 11.3 Å². The number of hydrogen-bond acceptors (Lipinski definition) is 2. The number of hydrogen-bond donors (Lipinski definition) is 1. The molecule has 0 spiro atoms. The second-order valence-electron chi connectivity index (χ2n) is 6.66. The van der Waals surface area contributed by atoms with Crippen LogP contribution in [0.1, 0.15) is 52.5 Å². The van der Waals surface area contributed by atoms with E-state index in [0.29, 0.717) is 0 Å². The highest BCUT2D eigenvalue weighted by Gasteiger charge is 2.27. The average molecular weight is 289 g/mol. The monoisotopic (exact) mass is 289 g/mol. The number of rotatable bonds is 6. The molecule has 1 amide bonds. The Labute approximate surface area is 128 Å². The van der Waals surface area contributed by atoms with Gasteiger partial charge in [-0.3, -0.25) is 9.59 Å². The van der Waals surface area contributed by atoms with Gasteiger partial charge in [-0.15, -0.1) is 0 Å². The van der Waals surface area contributed by atoms with Crippen molar-refractivity contribution in [2.24, 2.45) is 11.3 Å². The van der Waals surface area contributed by atoms with Gasteiger partial charge in [0, 0.05) is 5.41 Å². The summed E-state index contributed by atoms with van der Waals surface area (Å²) in [5.41, 5.74) is 0.582. The van der Waals surface area contributed by atoms with Crippen molar-refractivity contribution in [2.45, 2.75) is 47.0 Å². The van der Waals surface area contributed by atoms with E-state index >= 15 is 0 Å². The van der Waals surface area contributed by atoms with E-state index in [-0.39, 0.29) is 30.1 Å². The summed E-state index contributed by atoms with van der Waals surface area (Å²) in [5, 5.41) is 2.81. The number of carbonyl (C=O) groups is 2. The van der Waals surface area contributed by atoms with E-state index in [4.69, 9.17) is 0 Å². The van der Waals surface area contributed by atoms with Gasteiger partial charge >= 0.3 is 0 Å².